The van der Waals surface area contributed by atoms with Gasteiger partial charge in [-0.25, -0.2) is 4.57 Å². The molecule has 0 atom stereocenters. The van der Waals surface area contributed by atoms with Crippen molar-refractivity contribution < 1.29 is 18.9 Å². The molecule has 0 rings (SSSR count). The summed E-state index contributed by atoms with van der Waals surface area (Å²) in [4.78, 5) is 18.4. The Bertz CT molecular complexity index is 279. The standard InChI is InChI=1S/C12H27O4P/c1-8-9-12(10(2,3)4,11(5,6)7)16-17(13,14)15/h8-9H2,1-7H3,(H2,13,14,15). The molecule has 0 saturated carbocycles. The lowest BCUT2D eigenvalue weighted by Gasteiger charge is -2.52. The Morgan fingerprint density at radius 2 is 1.35 bits per heavy atom. The van der Waals surface area contributed by atoms with E-state index in [-0.39, 0.29) is 10.8 Å². The lowest BCUT2D eigenvalue weighted by atomic mass is 9.61. The number of rotatable bonds is 4. The van der Waals surface area contributed by atoms with E-state index in [2.05, 4.69) is 0 Å². The van der Waals surface area contributed by atoms with Crippen LogP contribution in [0.3, 0.4) is 0 Å². The van der Waals surface area contributed by atoms with Crippen molar-refractivity contribution in [3.05, 3.63) is 0 Å². The van der Waals surface area contributed by atoms with Crippen LogP contribution >= 0.6 is 7.82 Å². The summed E-state index contributed by atoms with van der Waals surface area (Å²) in [5.74, 6) is 0. The number of hydrogen-bond donors (Lipinski definition) is 2. The first-order valence-corrected chi connectivity index (χ1v) is 7.56. The Labute approximate surface area is 105 Å². The summed E-state index contributed by atoms with van der Waals surface area (Å²) < 4.78 is 16.5. The molecule has 0 fully saturated rings. The van der Waals surface area contributed by atoms with Crippen molar-refractivity contribution in [1.29, 1.82) is 0 Å². The minimum atomic E-state index is -4.51. The second-order valence-corrected chi connectivity index (χ2v) is 7.82. The van der Waals surface area contributed by atoms with Gasteiger partial charge in [0.15, 0.2) is 0 Å². The summed E-state index contributed by atoms with van der Waals surface area (Å²) >= 11 is 0. The molecule has 17 heavy (non-hydrogen) atoms. The van der Waals surface area contributed by atoms with Gasteiger partial charge in [-0.2, -0.15) is 0 Å². The molecule has 0 heterocycles. The summed E-state index contributed by atoms with van der Waals surface area (Å²) in [7, 11) is -4.51. The van der Waals surface area contributed by atoms with Gasteiger partial charge in [-0.05, 0) is 17.3 Å². The number of phosphoric ester groups is 1. The first-order valence-electron chi connectivity index (χ1n) is 6.03. The second-order valence-electron chi connectivity index (χ2n) is 6.66. The third-order valence-electron chi connectivity index (χ3n) is 3.30. The molecule has 0 aromatic heterocycles. The highest BCUT2D eigenvalue weighted by Crippen LogP contribution is 2.57. The lowest BCUT2D eigenvalue weighted by molar-refractivity contribution is -0.133. The van der Waals surface area contributed by atoms with Gasteiger partial charge in [-0.3, -0.25) is 4.52 Å². The summed E-state index contributed by atoms with van der Waals surface area (Å²) in [5, 5.41) is 0. The molecular weight excluding hydrogens is 239 g/mol. The van der Waals surface area contributed by atoms with Crippen molar-refractivity contribution in [2.24, 2.45) is 10.8 Å². The molecule has 2 N–H and O–H groups in total. The normalized spacial score (nSPS) is 15.1. The smallest absolute Gasteiger partial charge is 0.303 e. The van der Waals surface area contributed by atoms with Gasteiger partial charge < -0.3 is 9.79 Å². The van der Waals surface area contributed by atoms with Gasteiger partial charge in [-0.1, -0.05) is 54.9 Å². The summed E-state index contributed by atoms with van der Waals surface area (Å²) in [6.45, 7) is 13.8. The minimum absolute atomic E-state index is 0.359. The molecule has 0 amide bonds. The first-order chi connectivity index (χ1) is 7.27. The third-order valence-corrected chi connectivity index (χ3v) is 3.85. The quantitative estimate of drug-likeness (QED) is 0.761. The molecule has 0 aliphatic heterocycles. The summed E-state index contributed by atoms with van der Waals surface area (Å²) in [6, 6.07) is 0. The van der Waals surface area contributed by atoms with E-state index in [4.69, 9.17) is 4.52 Å². The highest BCUT2D eigenvalue weighted by atomic mass is 31.2. The fraction of sp³-hybridized carbons (Fsp3) is 1.00. The summed E-state index contributed by atoms with van der Waals surface area (Å²) in [5.41, 5.74) is -1.57. The first kappa shape index (κ1) is 17.1. The monoisotopic (exact) mass is 266 g/mol. The van der Waals surface area contributed by atoms with Crippen LogP contribution in [0.25, 0.3) is 0 Å². The van der Waals surface area contributed by atoms with Crippen LogP contribution in [0.5, 0.6) is 0 Å². The molecule has 0 unspecified atom stereocenters. The average molecular weight is 266 g/mol. The molecule has 104 valence electrons. The number of hydrogen-bond acceptors (Lipinski definition) is 2. The van der Waals surface area contributed by atoms with Crippen molar-refractivity contribution in [2.75, 3.05) is 0 Å². The highest BCUT2D eigenvalue weighted by molar-refractivity contribution is 7.46. The lowest BCUT2D eigenvalue weighted by Crippen LogP contribution is -2.54. The van der Waals surface area contributed by atoms with Crippen molar-refractivity contribution in [1.82, 2.24) is 0 Å². The fourth-order valence-electron chi connectivity index (χ4n) is 2.75. The van der Waals surface area contributed by atoms with Crippen molar-refractivity contribution in [3.63, 3.8) is 0 Å². The molecule has 5 heteroatoms. The van der Waals surface area contributed by atoms with E-state index in [0.717, 1.165) is 6.42 Å². The Morgan fingerprint density at radius 1 is 1.00 bits per heavy atom. The van der Waals surface area contributed by atoms with Crippen LogP contribution in [0.2, 0.25) is 0 Å². The van der Waals surface area contributed by atoms with Crippen molar-refractivity contribution in [2.45, 2.75) is 66.9 Å². The summed E-state index contributed by atoms with van der Waals surface area (Å²) in [6.07, 6.45) is 1.43. The van der Waals surface area contributed by atoms with Crippen LogP contribution in [-0.2, 0) is 9.09 Å². The Kier molecular flexibility index (Phi) is 5.04. The fourth-order valence-corrected chi connectivity index (χ4v) is 3.79. The molecule has 0 saturated heterocycles. The predicted octanol–water partition coefficient (Wildman–Crippen LogP) is 3.73. The molecule has 0 aromatic carbocycles. The predicted molar refractivity (Wildman–Crippen MR) is 69.7 cm³/mol. The average Bonchev–Trinajstić information content (AvgIpc) is 1.96. The Balaban J connectivity index is 5.68. The van der Waals surface area contributed by atoms with E-state index in [1.54, 1.807) is 0 Å². The van der Waals surface area contributed by atoms with Gasteiger partial charge in [-0.15, -0.1) is 0 Å². The number of phosphoric acid groups is 1. The molecular formula is C12H27O4P. The molecule has 4 nitrogen and oxygen atoms in total. The second kappa shape index (κ2) is 5.00. The zero-order valence-corrected chi connectivity index (χ0v) is 13.0. The van der Waals surface area contributed by atoms with Crippen molar-refractivity contribution in [3.8, 4) is 0 Å². The molecule has 0 aliphatic rings. The van der Waals surface area contributed by atoms with E-state index in [1.165, 1.54) is 0 Å². The topological polar surface area (TPSA) is 66.8 Å². The van der Waals surface area contributed by atoms with Gasteiger partial charge in [0, 0.05) is 0 Å². The maximum atomic E-state index is 11.3. The maximum absolute atomic E-state index is 11.3. The molecule has 0 aromatic rings. The third kappa shape index (κ3) is 4.06. The van der Waals surface area contributed by atoms with Gasteiger partial charge in [0.1, 0.15) is 0 Å². The molecule has 0 aliphatic carbocycles. The minimum Gasteiger partial charge on any atom is -0.303 e. The van der Waals surface area contributed by atoms with Crippen LogP contribution in [0.4, 0.5) is 0 Å². The van der Waals surface area contributed by atoms with Crippen molar-refractivity contribution >= 4 is 7.82 Å². The highest BCUT2D eigenvalue weighted by Gasteiger charge is 2.54. The van der Waals surface area contributed by atoms with Gasteiger partial charge in [0.25, 0.3) is 0 Å². The zero-order valence-electron chi connectivity index (χ0n) is 12.1. The van der Waals surface area contributed by atoms with Gasteiger partial charge in [0.2, 0.25) is 0 Å². The van der Waals surface area contributed by atoms with E-state index < -0.39 is 13.4 Å². The van der Waals surface area contributed by atoms with Crippen LogP contribution < -0.4 is 0 Å². The van der Waals surface area contributed by atoms with Crippen LogP contribution in [-0.4, -0.2) is 15.4 Å². The SMILES string of the molecule is CCCC(OP(=O)(O)O)(C(C)(C)C)C(C)(C)C. The van der Waals surface area contributed by atoms with E-state index >= 15 is 0 Å². The van der Waals surface area contributed by atoms with Gasteiger partial charge >= 0.3 is 7.82 Å². The van der Waals surface area contributed by atoms with E-state index in [9.17, 15) is 14.4 Å². The zero-order chi connectivity index (χ0) is 14.1. The Hall–Kier alpha value is 0.110. The molecule has 0 bridgehead atoms. The molecule has 0 radical (unpaired) electrons. The van der Waals surface area contributed by atoms with E-state index in [1.807, 2.05) is 48.5 Å². The largest absolute Gasteiger partial charge is 0.470 e. The van der Waals surface area contributed by atoms with Crippen LogP contribution in [0.15, 0.2) is 0 Å². The van der Waals surface area contributed by atoms with Gasteiger partial charge in [0.05, 0.1) is 5.60 Å². The molecule has 0 spiro atoms. The Morgan fingerprint density at radius 3 is 1.53 bits per heavy atom. The van der Waals surface area contributed by atoms with Crippen LogP contribution in [0.1, 0.15) is 61.3 Å². The maximum Gasteiger partial charge on any atom is 0.470 e. The van der Waals surface area contributed by atoms with E-state index in [0.29, 0.717) is 6.42 Å². The van der Waals surface area contributed by atoms with Crippen LogP contribution in [0, 0.1) is 10.8 Å².